The van der Waals surface area contributed by atoms with Crippen LogP contribution in [0.5, 0.6) is 5.75 Å². The third-order valence-electron chi connectivity index (χ3n) is 8.72. The molecular formula is C31H35N3O5S. The summed E-state index contributed by atoms with van der Waals surface area (Å²) in [5, 5.41) is 22.4. The topological polar surface area (TPSA) is 103 Å². The third kappa shape index (κ3) is 5.20. The average molecular weight is 562 g/mol. The van der Waals surface area contributed by atoms with Crippen molar-refractivity contribution in [2.45, 2.75) is 45.8 Å². The van der Waals surface area contributed by atoms with Crippen LogP contribution in [0.4, 0.5) is 5.13 Å². The smallest absolute Gasteiger partial charge is 0.307 e. The van der Waals surface area contributed by atoms with E-state index in [4.69, 9.17) is 9.72 Å². The predicted octanol–water partition coefficient (Wildman–Crippen LogP) is 4.76. The zero-order valence-electron chi connectivity index (χ0n) is 22.9. The standard InChI is InChI=1S/C31H35N3O5S/c1-18-3-8-27(39-16-23-7-4-20(12-19(23)2)29(36)33-10-9-24(35)15-33)25(11-18)26-17-40-31(32-26)34-13-21-5-6-22(14-34)28(21)30(37)38/h3-4,7-8,11-12,17,21-22,24,28,35H,5-6,9-10,13-16H2,1-2H3,(H,37,38)/t21-,22+,24-,28?/m1/s1. The van der Waals surface area contributed by atoms with Gasteiger partial charge in [0, 0.05) is 42.7 Å². The van der Waals surface area contributed by atoms with Gasteiger partial charge in [0.15, 0.2) is 5.13 Å². The van der Waals surface area contributed by atoms with E-state index >= 15 is 0 Å². The molecule has 3 aliphatic rings. The van der Waals surface area contributed by atoms with Crippen molar-refractivity contribution in [3.05, 3.63) is 64.0 Å². The molecule has 2 aliphatic heterocycles. The van der Waals surface area contributed by atoms with E-state index in [1.165, 1.54) is 0 Å². The van der Waals surface area contributed by atoms with E-state index in [2.05, 4.69) is 16.3 Å². The number of carbonyl (C=O) groups is 2. The lowest BCUT2D eigenvalue weighted by atomic mass is 9.85. The first-order valence-corrected chi connectivity index (χ1v) is 14.9. The highest BCUT2D eigenvalue weighted by Gasteiger charge is 2.46. The molecule has 9 heteroatoms. The number of aliphatic carboxylic acids is 1. The number of β-amino-alcohol motifs (C(OH)–C–C–N with tert-alkyl or cyclic N) is 1. The fraction of sp³-hybridized carbons (Fsp3) is 0.452. The fourth-order valence-electron chi connectivity index (χ4n) is 6.54. The second-order valence-corrected chi connectivity index (χ2v) is 12.3. The Balaban J connectivity index is 1.16. The van der Waals surface area contributed by atoms with E-state index in [0.29, 0.717) is 31.7 Å². The van der Waals surface area contributed by atoms with Crippen LogP contribution in [0.1, 0.15) is 46.3 Å². The number of carboxylic acid groups (broad SMARTS) is 1. The monoisotopic (exact) mass is 561 g/mol. The quantitative estimate of drug-likeness (QED) is 0.429. The second kappa shape index (κ2) is 10.9. The summed E-state index contributed by atoms with van der Waals surface area (Å²) in [5.41, 5.74) is 5.51. The Hall–Kier alpha value is -3.43. The zero-order chi connectivity index (χ0) is 28.0. The first kappa shape index (κ1) is 26.8. The molecule has 1 aromatic heterocycles. The highest BCUT2D eigenvalue weighted by atomic mass is 32.1. The lowest BCUT2D eigenvalue weighted by Gasteiger charge is -2.35. The summed E-state index contributed by atoms with van der Waals surface area (Å²) in [7, 11) is 0. The molecule has 1 saturated carbocycles. The Morgan fingerprint density at radius 3 is 2.50 bits per heavy atom. The van der Waals surface area contributed by atoms with Crippen LogP contribution in [0.15, 0.2) is 41.8 Å². The molecule has 4 atom stereocenters. The lowest BCUT2D eigenvalue weighted by molar-refractivity contribution is -0.144. The van der Waals surface area contributed by atoms with E-state index in [1.54, 1.807) is 16.2 Å². The van der Waals surface area contributed by atoms with E-state index in [-0.39, 0.29) is 23.7 Å². The van der Waals surface area contributed by atoms with Gasteiger partial charge in [0.2, 0.25) is 0 Å². The number of aliphatic hydroxyl groups is 1. The fourth-order valence-corrected chi connectivity index (χ4v) is 7.39. The maximum absolute atomic E-state index is 12.8. The van der Waals surface area contributed by atoms with Crippen molar-refractivity contribution >= 4 is 28.3 Å². The van der Waals surface area contributed by atoms with Gasteiger partial charge in [-0.05, 0) is 80.3 Å². The van der Waals surface area contributed by atoms with Crippen molar-refractivity contribution in [1.82, 2.24) is 9.88 Å². The molecule has 40 heavy (non-hydrogen) atoms. The summed E-state index contributed by atoms with van der Waals surface area (Å²) in [6.45, 7) is 6.86. The molecule has 0 radical (unpaired) electrons. The van der Waals surface area contributed by atoms with E-state index in [0.717, 1.165) is 64.8 Å². The van der Waals surface area contributed by atoms with E-state index < -0.39 is 12.1 Å². The molecule has 3 heterocycles. The molecule has 3 fully saturated rings. The first-order valence-electron chi connectivity index (χ1n) is 14.0. The van der Waals surface area contributed by atoms with Crippen LogP contribution in [0, 0.1) is 31.6 Å². The number of carbonyl (C=O) groups excluding carboxylic acids is 1. The number of carboxylic acids is 1. The number of aryl methyl sites for hydroxylation is 2. The Kier molecular flexibility index (Phi) is 7.27. The van der Waals surface area contributed by atoms with Gasteiger partial charge in [-0.15, -0.1) is 11.3 Å². The molecular weight excluding hydrogens is 526 g/mol. The summed E-state index contributed by atoms with van der Waals surface area (Å²) < 4.78 is 6.32. The van der Waals surface area contributed by atoms with Crippen molar-refractivity contribution in [1.29, 1.82) is 0 Å². The number of aliphatic hydroxyl groups excluding tert-OH is 1. The molecule has 2 N–H and O–H groups in total. The molecule has 1 amide bonds. The van der Waals surface area contributed by atoms with Gasteiger partial charge >= 0.3 is 5.97 Å². The van der Waals surface area contributed by atoms with Crippen molar-refractivity contribution in [3.8, 4) is 17.0 Å². The Labute approximate surface area is 238 Å². The van der Waals surface area contributed by atoms with Gasteiger partial charge in [-0.1, -0.05) is 17.7 Å². The van der Waals surface area contributed by atoms with Gasteiger partial charge in [-0.25, -0.2) is 4.98 Å². The number of aromatic nitrogens is 1. The number of piperidine rings is 1. The molecule has 210 valence electrons. The number of hydrogen-bond acceptors (Lipinski definition) is 7. The Morgan fingerprint density at radius 2 is 1.82 bits per heavy atom. The van der Waals surface area contributed by atoms with Crippen LogP contribution in [-0.4, -0.2) is 64.3 Å². The van der Waals surface area contributed by atoms with Crippen LogP contribution < -0.4 is 9.64 Å². The maximum Gasteiger partial charge on any atom is 0.307 e. The molecule has 2 saturated heterocycles. The number of likely N-dealkylation sites (tertiary alicyclic amines) is 1. The van der Waals surface area contributed by atoms with Crippen LogP contribution in [0.2, 0.25) is 0 Å². The first-order chi connectivity index (χ1) is 19.3. The number of ether oxygens (including phenoxy) is 1. The lowest BCUT2D eigenvalue weighted by Crippen LogP contribution is -2.44. The zero-order valence-corrected chi connectivity index (χ0v) is 23.7. The number of anilines is 1. The molecule has 2 aromatic carbocycles. The van der Waals surface area contributed by atoms with Gasteiger partial charge in [-0.3, -0.25) is 9.59 Å². The minimum Gasteiger partial charge on any atom is -0.488 e. The van der Waals surface area contributed by atoms with Gasteiger partial charge in [0.25, 0.3) is 5.91 Å². The molecule has 1 aliphatic carbocycles. The SMILES string of the molecule is Cc1ccc(OCc2ccc(C(=O)N3CC[C@@H](O)C3)cc2C)c(-c2csc(N3C[C@H]4CC[C@@H](C3)C4C(=O)O)n2)c1. The van der Waals surface area contributed by atoms with Crippen molar-refractivity contribution in [2.24, 2.45) is 17.8 Å². The third-order valence-corrected chi connectivity index (χ3v) is 9.62. The number of benzene rings is 2. The van der Waals surface area contributed by atoms with E-state index in [1.807, 2.05) is 44.2 Å². The molecule has 0 spiro atoms. The number of nitrogens with zero attached hydrogens (tertiary/aromatic N) is 3. The molecule has 1 unspecified atom stereocenters. The number of thiazole rings is 1. The van der Waals surface area contributed by atoms with Crippen molar-refractivity contribution in [3.63, 3.8) is 0 Å². The van der Waals surface area contributed by atoms with Crippen LogP contribution >= 0.6 is 11.3 Å². The highest BCUT2D eigenvalue weighted by Crippen LogP contribution is 2.44. The van der Waals surface area contributed by atoms with Crippen LogP contribution in [0.25, 0.3) is 11.3 Å². The molecule has 2 bridgehead atoms. The van der Waals surface area contributed by atoms with Gasteiger partial charge in [0.05, 0.1) is 17.7 Å². The summed E-state index contributed by atoms with van der Waals surface area (Å²) >= 11 is 1.60. The highest BCUT2D eigenvalue weighted by molar-refractivity contribution is 7.14. The second-order valence-electron chi connectivity index (χ2n) is 11.5. The van der Waals surface area contributed by atoms with Crippen molar-refractivity contribution < 1.29 is 24.5 Å². The number of hydrogen-bond donors (Lipinski definition) is 2. The minimum absolute atomic E-state index is 0.0486. The van der Waals surface area contributed by atoms with Crippen LogP contribution in [0.3, 0.4) is 0 Å². The molecule has 3 aromatic rings. The van der Waals surface area contributed by atoms with Crippen molar-refractivity contribution in [2.75, 3.05) is 31.1 Å². The summed E-state index contributed by atoms with van der Waals surface area (Å²) in [6.07, 6.45) is 2.14. The number of amides is 1. The van der Waals surface area contributed by atoms with Gasteiger partial charge in [-0.2, -0.15) is 0 Å². The minimum atomic E-state index is -0.656. The molecule has 6 rings (SSSR count). The maximum atomic E-state index is 12.8. The normalized spacial score (nSPS) is 24.0. The average Bonchev–Trinajstić information content (AvgIpc) is 3.66. The van der Waals surface area contributed by atoms with Crippen LogP contribution in [-0.2, 0) is 11.4 Å². The van der Waals surface area contributed by atoms with E-state index in [9.17, 15) is 19.8 Å². The number of fused-ring (bicyclic) bond motifs is 2. The predicted molar refractivity (Wildman–Crippen MR) is 154 cm³/mol. The van der Waals surface area contributed by atoms with Gasteiger partial charge < -0.3 is 24.7 Å². The summed E-state index contributed by atoms with van der Waals surface area (Å²) in [4.78, 5) is 33.5. The summed E-state index contributed by atoms with van der Waals surface area (Å²) in [5.74, 6) is 0.194. The molecule has 8 nitrogen and oxygen atoms in total. The van der Waals surface area contributed by atoms with Gasteiger partial charge in [0.1, 0.15) is 12.4 Å². The summed E-state index contributed by atoms with van der Waals surface area (Å²) in [6, 6.07) is 11.8. The Morgan fingerprint density at radius 1 is 1.05 bits per heavy atom. The number of rotatable bonds is 7. The Bertz CT molecular complexity index is 1420. The largest absolute Gasteiger partial charge is 0.488 e.